The lowest BCUT2D eigenvalue weighted by Gasteiger charge is -2.29. The lowest BCUT2D eigenvalue weighted by atomic mass is 10.1. The molecule has 25 heavy (non-hydrogen) atoms. The molecule has 0 saturated carbocycles. The number of benzene rings is 1. The molecular weight excluding hydrogens is 320 g/mol. The standard InChI is InChI=1S/C18H22N4O3/c1-11(2)17-21-20-16-8-7-12(9-22(16)17)19-18(23)15-10-24-13-5-3-4-6-14(13)25-15/h3-6,11-12,15H,7-10H2,1-2H3,(H,19,23)/t12-,15-/m1/s1. The third-order valence-corrected chi connectivity index (χ3v) is 4.64. The number of fused-ring (bicyclic) bond motifs is 2. The average Bonchev–Trinajstić information content (AvgIpc) is 3.04. The SMILES string of the molecule is CC(C)c1nnc2n1C[C@H](NC(=O)[C@H]1COc3ccccc3O1)CC2. The zero-order valence-electron chi connectivity index (χ0n) is 14.4. The number of rotatable bonds is 3. The van der Waals surface area contributed by atoms with Crippen LogP contribution in [0.2, 0.25) is 0 Å². The Morgan fingerprint density at radius 1 is 1.28 bits per heavy atom. The van der Waals surface area contributed by atoms with Crippen LogP contribution in [0, 0.1) is 0 Å². The van der Waals surface area contributed by atoms with E-state index in [1.165, 1.54) is 0 Å². The van der Waals surface area contributed by atoms with Crippen molar-refractivity contribution in [3.63, 3.8) is 0 Å². The number of aromatic nitrogens is 3. The maximum atomic E-state index is 12.6. The second-order valence-corrected chi connectivity index (χ2v) is 6.85. The lowest BCUT2D eigenvalue weighted by molar-refractivity contribution is -0.131. The predicted molar refractivity (Wildman–Crippen MR) is 90.7 cm³/mol. The summed E-state index contributed by atoms with van der Waals surface area (Å²) in [6, 6.07) is 7.45. The molecule has 2 aliphatic heterocycles. The Hall–Kier alpha value is -2.57. The van der Waals surface area contributed by atoms with Gasteiger partial charge in [-0.2, -0.15) is 0 Å². The van der Waals surface area contributed by atoms with Crippen LogP contribution in [0.3, 0.4) is 0 Å². The maximum absolute atomic E-state index is 12.6. The Balaban J connectivity index is 1.41. The topological polar surface area (TPSA) is 78.3 Å². The Labute approximate surface area is 146 Å². The summed E-state index contributed by atoms with van der Waals surface area (Å²) >= 11 is 0. The van der Waals surface area contributed by atoms with Gasteiger partial charge in [0.05, 0.1) is 0 Å². The van der Waals surface area contributed by atoms with E-state index in [0.717, 1.165) is 24.5 Å². The molecule has 0 unspecified atom stereocenters. The van der Waals surface area contributed by atoms with Gasteiger partial charge in [0.25, 0.3) is 5.91 Å². The number of para-hydroxylation sites is 2. The molecule has 1 aromatic heterocycles. The third-order valence-electron chi connectivity index (χ3n) is 4.64. The molecule has 0 radical (unpaired) electrons. The molecule has 132 valence electrons. The molecule has 0 spiro atoms. The first-order valence-electron chi connectivity index (χ1n) is 8.72. The van der Waals surface area contributed by atoms with Gasteiger partial charge in [0.15, 0.2) is 11.5 Å². The molecule has 3 heterocycles. The van der Waals surface area contributed by atoms with Crippen LogP contribution in [0.15, 0.2) is 24.3 Å². The van der Waals surface area contributed by atoms with Gasteiger partial charge in [-0.25, -0.2) is 0 Å². The van der Waals surface area contributed by atoms with Crippen molar-refractivity contribution in [2.75, 3.05) is 6.61 Å². The number of nitrogens with zero attached hydrogens (tertiary/aromatic N) is 3. The van der Waals surface area contributed by atoms with Crippen LogP contribution in [0.4, 0.5) is 0 Å². The highest BCUT2D eigenvalue weighted by Gasteiger charge is 2.31. The smallest absolute Gasteiger partial charge is 0.264 e. The van der Waals surface area contributed by atoms with Crippen LogP contribution in [-0.4, -0.2) is 39.4 Å². The van der Waals surface area contributed by atoms with Gasteiger partial charge in [-0.05, 0) is 18.6 Å². The fraction of sp³-hybridized carbons (Fsp3) is 0.500. The summed E-state index contributed by atoms with van der Waals surface area (Å²) in [6.07, 6.45) is 1.04. The zero-order valence-corrected chi connectivity index (χ0v) is 14.4. The van der Waals surface area contributed by atoms with Gasteiger partial charge in [-0.1, -0.05) is 26.0 Å². The average molecular weight is 342 g/mol. The molecule has 7 nitrogen and oxygen atoms in total. The highest BCUT2D eigenvalue weighted by molar-refractivity contribution is 5.82. The summed E-state index contributed by atoms with van der Waals surface area (Å²) in [5, 5.41) is 11.6. The number of ether oxygens (including phenoxy) is 2. The van der Waals surface area contributed by atoms with Crippen LogP contribution < -0.4 is 14.8 Å². The van der Waals surface area contributed by atoms with E-state index in [4.69, 9.17) is 9.47 Å². The van der Waals surface area contributed by atoms with Gasteiger partial charge < -0.3 is 19.4 Å². The zero-order chi connectivity index (χ0) is 17.4. The van der Waals surface area contributed by atoms with E-state index >= 15 is 0 Å². The van der Waals surface area contributed by atoms with E-state index in [0.29, 0.717) is 24.0 Å². The first-order valence-corrected chi connectivity index (χ1v) is 8.72. The second-order valence-electron chi connectivity index (χ2n) is 6.85. The summed E-state index contributed by atoms with van der Waals surface area (Å²) in [6.45, 7) is 5.13. The molecule has 2 aliphatic rings. The summed E-state index contributed by atoms with van der Waals surface area (Å²) in [5.74, 6) is 3.44. The molecule has 0 saturated heterocycles. The van der Waals surface area contributed by atoms with Crippen LogP contribution in [0.5, 0.6) is 11.5 Å². The maximum Gasteiger partial charge on any atom is 0.264 e. The Morgan fingerprint density at radius 2 is 2.08 bits per heavy atom. The molecule has 1 aromatic carbocycles. The van der Waals surface area contributed by atoms with Crippen molar-refractivity contribution in [3.8, 4) is 11.5 Å². The van der Waals surface area contributed by atoms with Gasteiger partial charge in [-0.3, -0.25) is 4.79 Å². The minimum atomic E-state index is -0.623. The third kappa shape index (κ3) is 3.06. The predicted octanol–water partition coefficient (Wildman–Crippen LogP) is 1.67. The van der Waals surface area contributed by atoms with Crippen LogP contribution in [0.25, 0.3) is 0 Å². The molecular formula is C18H22N4O3. The highest BCUT2D eigenvalue weighted by Crippen LogP contribution is 2.31. The van der Waals surface area contributed by atoms with Crippen molar-refractivity contribution in [3.05, 3.63) is 35.9 Å². The van der Waals surface area contributed by atoms with Crippen LogP contribution >= 0.6 is 0 Å². The number of aryl methyl sites for hydroxylation is 1. The Kier molecular flexibility index (Phi) is 4.07. The number of amides is 1. The quantitative estimate of drug-likeness (QED) is 0.918. The van der Waals surface area contributed by atoms with E-state index in [2.05, 4.69) is 33.9 Å². The summed E-state index contributed by atoms with van der Waals surface area (Å²) < 4.78 is 13.5. The minimum absolute atomic E-state index is 0.0503. The van der Waals surface area contributed by atoms with Gasteiger partial charge in [0.1, 0.15) is 18.3 Å². The first-order chi connectivity index (χ1) is 12.1. The van der Waals surface area contributed by atoms with Gasteiger partial charge in [0.2, 0.25) is 6.10 Å². The largest absolute Gasteiger partial charge is 0.485 e. The molecule has 0 fully saturated rings. The van der Waals surface area contributed by atoms with Crippen molar-refractivity contribution in [1.29, 1.82) is 0 Å². The lowest BCUT2D eigenvalue weighted by Crippen LogP contribution is -2.50. The molecule has 1 N–H and O–H groups in total. The normalized spacial score (nSPS) is 21.7. The first kappa shape index (κ1) is 15.9. The van der Waals surface area contributed by atoms with Gasteiger partial charge in [0, 0.05) is 24.9 Å². The molecule has 2 atom stereocenters. The highest BCUT2D eigenvalue weighted by atomic mass is 16.6. The van der Waals surface area contributed by atoms with Crippen molar-refractivity contribution in [2.45, 2.75) is 51.3 Å². The number of nitrogens with one attached hydrogen (secondary N) is 1. The fourth-order valence-electron chi connectivity index (χ4n) is 3.34. The van der Waals surface area contributed by atoms with Crippen molar-refractivity contribution in [2.24, 2.45) is 0 Å². The number of hydrogen-bond donors (Lipinski definition) is 1. The molecule has 0 bridgehead atoms. The van der Waals surface area contributed by atoms with Crippen molar-refractivity contribution < 1.29 is 14.3 Å². The van der Waals surface area contributed by atoms with Gasteiger partial charge in [-0.15, -0.1) is 10.2 Å². The Morgan fingerprint density at radius 3 is 2.88 bits per heavy atom. The Bertz CT molecular complexity index is 786. The molecule has 4 rings (SSSR count). The molecule has 1 amide bonds. The van der Waals surface area contributed by atoms with E-state index in [1.807, 2.05) is 24.3 Å². The van der Waals surface area contributed by atoms with Crippen molar-refractivity contribution >= 4 is 5.91 Å². The number of carbonyl (C=O) groups excluding carboxylic acids is 1. The molecule has 7 heteroatoms. The van der Waals surface area contributed by atoms with Gasteiger partial charge >= 0.3 is 0 Å². The van der Waals surface area contributed by atoms with E-state index in [-0.39, 0.29) is 18.6 Å². The second kappa shape index (κ2) is 6.38. The van der Waals surface area contributed by atoms with E-state index in [1.54, 1.807) is 0 Å². The van der Waals surface area contributed by atoms with Crippen LogP contribution in [0.1, 0.15) is 37.8 Å². The number of carbonyl (C=O) groups is 1. The summed E-state index contributed by atoms with van der Waals surface area (Å²) in [7, 11) is 0. The van der Waals surface area contributed by atoms with E-state index < -0.39 is 6.10 Å². The van der Waals surface area contributed by atoms with Crippen molar-refractivity contribution in [1.82, 2.24) is 20.1 Å². The molecule has 0 aliphatic carbocycles. The fourth-order valence-corrected chi connectivity index (χ4v) is 3.34. The summed E-state index contributed by atoms with van der Waals surface area (Å²) in [4.78, 5) is 12.6. The monoisotopic (exact) mass is 342 g/mol. The minimum Gasteiger partial charge on any atom is -0.485 e. The summed E-state index contributed by atoms with van der Waals surface area (Å²) in [5.41, 5.74) is 0. The van der Waals surface area contributed by atoms with E-state index in [9.17, 15) is 4.79 Å². The van der Waals surface area contributed by atoms with Crippen LogP contribution in [-0.2, 0) is 17.8 Å². The molecule has 2 aromatic rings. The number of hydrogen-bond acceptors (Lipinski definition) is 5.